The lowest BCUT2D eigenvalue weighted by Gasteiger charge is -2.41. The second kappa shape index (κ2) is 6.75. The van der Waals surface area contributed by atoms with Gasteiger partial charge in [-0.05, 0) is 38.4 Å². The van der Waals surface area contributed by atoms with E-state index in [0.717, 1.165) is 32.5 Å². The van der Waals surface area contributed by atoms with Gasteiger partial charge in [-0.25, -0.2) is 4.79 Å². The lowest BCUT2D eigenvalue weighted by Crippen LogP contribution is -2.50. The number of carbonyl (C=O) groups is 1. The molecule has 0 atom stereocenters. The molecule has 1 aliphatic heterocycles. The zero-order valence-electron chi connectivity index (χ0n) is 12.5. The van der Waals surface area contributed by atoms with Gasteiger partial charge in [-0.15, -0.1) is 0 Å². The average molecular weight is 275 g/mol. The normalized spacial score (nSPS) is 17.5. The standard InChI is InChI=1S/C16H25N3O/c1-3-18-15(20)19(2)13-16(9-11-17-12-10-16)14-7-5-4-6-8-14/h4-8,17H,3,9-13H2,1-2H3,(H,18,20). The van der Waals surface area contributed by atoms with E-state index in [-0.39, 0.29) is 11.4 Å². The Balaban J connectivity index is 2.18. The minimum absolute atomic E-state index is 0.0151. The molecular formula is C16H25N3O. The summed E-state index contributed by atoms with van der Waals surface area (Å²) < 4.78 is 0. The van der Waals surface area contributed by atoms with Crippen molar-refractivity contribution in [2.24, 2.45) is 0 Å². The van der Waals surface area contributed by atoms with Crippen molar-refractivity contribution in [3.05, 3.63) is 35.9 Å². The summed E-state index contributed by atoms with van der Waals surface area (Å²) >= 11 is 0. The predicted octanol–water partition coefficient (Wildman–Crippen LogP) is 1.97. The van der Waals surface area contributed by atoms with Gasteiger partial charge in [-0.1, -0.05) is 30.3 Å². The van der Waals surface area contributed by atoms with Gasteiger partial charge in [-0.3, -0.25) is 0 Å². The van der Waals surface area contributed by atoms with Crippen LogP contribution in [0, 0.1) is 0 Å². The van der Waals surface area contributed by atoms with Crippen LogP contribution in [-0.2, 0) is 5.41 Å². The number of hydrogen-bond acceptors (Lipinski definition) is 2. The maximum Gasteiger partial charge on any atom is 0.317 e. The second-order valence-electron chi connectivity index (χ2n) is 5.59. The van der Waals surface area contributed by atoms with Crippen molar-refractivity contribution in [2.45, 2.75) is 25.2 Å². The van der Waals surface area contributed by atoms with Gasteiger partial charge in [0.2, 0.25) is 0 Å². The molecule has 2 N–H and O–H groups in total. The largest absolute Gasteiger partial charge is 0.338 e. The fraction of sp³-hybridized carbons (Fsp3) is 0.562. The van der Waals surface area contributed by atoms with Crippen LogP contribution in [0.4, 0.5) is 4.79 Å². The van der Waals surface area contributed by atoms with E-state index in [0.29, 0.717) is 6.54 Å². The molecule has 0 bridgehead atoms. The maximum atomic E-state index is 12.0. The number of nitrogens with one attached hydrogen (secondary N) is 2. The van der Waals surface area contributed by atoms with E-state index in [1.807, 2.05) is 24.9 Å². The van der Waals surface area contributed by atoms with E-state index in [1.54, 1.807) is 0 Å². The van der Waals surface area contributed by atoms with E-state index in [4.69, 9.17) is 0 Å². The van der Waals surface area contributed by atoms with Crippen LogP contribution in [0.3, 0.4) is 0 Å². The fourth-order valence-corrected chi connectivity index (χ4v) is 3.05. The van der Waals surface area contributed by atoms with Gasteiger partial charge in [0.15, 0.2) is 0 Å². The highest BCUT2D eigenvalue weighted by molar-refractivity contribution is 5.73. The van der Waals surface area contributed by atoms with Gasteiger partial charge in [0.25, 0.3) is 0 Å². The monoisotopic (exact) mass is 275 g/mol. The van der Waals surface area contributed by atoms with Crippen molar-refractivity contribution in [2.75, 3.05) is 33.2 Å². The van der Waals surface area contributed by atoms with Crippen LogP contribution >= 0.6 is 0 Å². The molecule has 110 valence electrons. The van der Waals surface area contributed by atoms with E-state index < -0.39 is 0 Å². The van der Waals surface area contributed by atoms with Crippen LogP contribution < -0.4 is 10.6 Å². The summed E-state index contributed by atoms with van der Waals surface area (Å²) in [5.41, 5.74) is 1.42. The number of benzene rings is 1. The zero-order chi connectivity index (χ0) is 14.4. The Bertz CT molecular complexity index is 427. The first kappa shape index (κ1) is 14.9. The van der Waals surface area contributed by atoms with Crippen molar-refractivity contribution in [1.82, 2.24) is 15.5 Å². The van der Waals surface area contributed by atoms with Crippen LogP contribution in [0.2, 0.25) is 0 Å². The Morgan fingerprint density at radius 1 is 1.30 bits per heavy atom. The molecule has 4 nitrogen and oxygen atoms in total. The summed E-state index contributed by atoms with van der Waals surface area (Å²) in [6.07, 6.45) is 2.14. The summed E-state index contributed by atoms with van der Waals surface area (Å²) in [6, 6.07) is 10.6. The SMILES string of the molecule is CCNC(=O)N(C)CC1(c2ccccc2)CCNCC1. The first-order valence-corrected chi connectivity index (χ1v) is 7.43. The number of urea groups is 1. The molecule has 2 amide bonds. The highest BCUT2D eigenvalue weighted by Crippen LogP contribution is 2.34. The maximum absolute atomic E-state index is 12.0. The third-order valence-corrected chi connectivity index (χ3v) is 4.16. The summed E-state index contributed by atoms with van der Waals surface area (Å²) in [4.78, 5) is 13.8. The van der Waals surface area contributed by atoms with Gasteiger partial charge in [-0.2, -0.15) is 0 Å². The first-order chi connectivity index (χ1) is 9.68. The zero-order valence-corrected chi connectivity index (χ0v) is 12.5. The molecule has 0 unspecified atom stereocenters. The second-order valence-corrected chi connectivity index (χ2v) is 5.59. The van der Waals surface area contributed by atoms with E-state index >= 15 is 0 Å². The van der Waals surface area contributed by atoms with Crippen molar-refractivity contribution < 1.29 is 4.79 Å². The van der Waals surface area contributed by atoms with E-state index in [9.17, 15) is 4.79 Å². The average Bonchev–Trinajstić information content (AvgIpc) is 2.49. The Morgan fingerprint density at radius 3 is 2.55 bits per heavy atom. The third kappa shape index (κ3) is 3.31. The molecule has 0 aromatic heterocycles. The van der Waals surface area contributed by atoms with Crippen LogP contribution in [0.5, 0.6) is 0 Å². The molecule has 2 rings (SSSR count). The number of rotatable bonds is 4. The Morgan fingerprint density at radius 2 is 1.95 bits per heavy atom. The van der Waals surface area contributed by atoms with Gasteiger partial charge >= 0.3 is 6.03 Å². The molecule has 0 spiro atoms. The molecule has 4 heteroatoms. The van der Waals surface area contributed by atoms with Gasteiger partial charge in [0.05, 0.1) is 0 Å². The topological polar surface area (TPSA) is 44.4 Å². The Hall–Kier alpha value is -1.55. The van der Waals surface area contributed by atoms with Crippen LogP contribution in [-0.4, -0.2) is 44.2 Å². The molecule has 20 heavy (non-hydrogen) atoms. The summed E-state index contributed by atoms with van der Waals surface area (Å²) in [6.45, 7) is 5.41. The highest BCUT2D eigenvalue weighted by Gasteiger charge is 2.35. The molecule has 1 saturated heterocycles. The van der Waals surface area contributed by atoms with Crippen molar-refractivity contribution in [1.29, 1.82) is 0 Å². The van der Waals surface area contributed by atoms with Gasteiger partial charge < -0.3 is 15.5 Å². The number of amides is 2. The lowest BCUT2D eigenvalue weighted by molar-refractivity contribution is 0.181. The van der Waals surface area contributed by atoms with Crippen LogP contribution in [0.1, 0.15) is 25.3 Å². The van der Waals surface area contributed by atoms with Crippen LogP contribution in [0.15, 0.2) is 30.3 Å². The van der Waals surface area contributed by atoms with Gasteiger partial charge in [0.1, 0.15) is 0 Å². The highest BCUT2D eigenvalue weighted by atomic mass is 16.2. The van der Waals surface area contributed by atoms with Crippen molar-refractivity contribution >= 4 is 6.03 Å². The summed E-state index contributed by atoms with van der Waals surface area (Å²) in [5.74, 6) is 0. The van der Waals surface area contributed by atoms with Gasteiger partial charge in [0, 0.05) is 25.6 Å². The minimum Gasteiger partial charge on any atom is -0.338 e. The molecule has 1 heterocycles. The third-order valence-electron chi connectivity index (χ3n) is 4.16. The smallest absolute Gasteiger partial charge is 0.317 e. The number of piperidine rings is 1. The minimum atomic E-state index is 0.0151. The number of nitrogens with zero attached hydrogens (tertiary/aromatic N) is 1. The first-order valence-electron chi connectivity index (χ1n) is 7.43. The molecule has 0 saturated carbocycles. The molecule has 0 radical (unpaired) electrons. The molecular weight excluding hydrogens is 250 g/mol. The molecule has 1 aromatic rings. The summed E-state index contributed by atoms with van der Waals surface area (Å²) in [5, 5.41) is 6.29. The Labute approximate surface area is 121 Å². The summed E-state index contributed by atoms with van der Waals surface area (Å²) in [7, 11) is 1.89. The number of likely N-dealkylation sites (N-methyl/N-ethyl adjacent to an activating group) is 1. The van der Waals surface area contributed by atoms with E-state index in [1.165, 1.54) is 5.56 Å². The number of carbonyl (C=O) groups excluding carboxylic acids is 1. The lowest BCUT2D eigenvalue weighted by atomic mass is 9.73. The molecule has 1 aromatic carbocycles. The number of hydrogen-bond donors (Lipinski definition) is 2. The van der Waals surface area contributed by atoms with Crippen LogP contribution in [0.25, 0.3) is 0 Å². The molecule has 0 aliphatic carbocycles. The fourth-order valence-electron chi connectivity index (χ4n) is 3.05. The predicted molar refractivity (Wildman–Crippen MR) is 81.9 cm³/mol. The van der Waals surface area contributed by atoms with E-state index in [2.05, 4.69) is 34.9 Å². The Kier molecular flexibility index (Phi) is 5.01. The molecule has 1 fully saturated rings. The molecule has 1 aliphatic rings. The van der Waals surface area contributed by atoms with Crippen molar-refractivity contribution in [3.63, 3.8) is 0 Å². The quantitative estimate of drug-likeness (QED) is 0.882. The van der Waals surface area contributed by atoms with Crippen molar-refractivity contribution in [3.8, 4) is 0 Å².